The van der Waals surface area contributed by atoms with Crippen molar-refractivity contribution in [2.75, 3.05) is 0 Å². The SMILES string of the molecule is CC(C)c1nc(Cl)cc(Sc2ccccn2)n1. The standard InChI is InChI=1S/C12H12ClN3S/c1-8(2)12-15-9(13)7-11(16-12)17-10-5-3-4-6-14-10/h3-8H,1-2H3. The maximum absolute atomic E-state index is 5.98. The minimum absolute atomic E-state index is 0.261. The third-order valence-electron chi connectivity index (χ3n) is 2.05. The zero-order chi connectivity index (χ0) is 12.3. The van der Waals surface area contributed by atoms with Crippen molar-refractivity contribution in [3.63, 3.8) is 0 Å². The molecule has 0 N–H and O–H groups in total. The lowest BCUT2D eigenvalue weighted by Gasteiger charge is -2.06. The fourth-order valence-electron chi connectivity index (χ4n) is 1.24. The van der Waals surface area contributed by atoms with Crippen LogP contribution in [0.4, 0.5) is 0 Å². The molecule has 88 valence electrons. The van der Waals surface area contributed by atoms with Crippen molar-refractivity contribution in [3.8, 4) is 0 Å². The van der Waals surface area contributed by atoms with Crippen LogP contribution in [-0.2, 0) is 0 Å². The van der Waals surface area contributed by atoms with Crippen molar-refractivity contribution in [2.24, 2.45) is 0 Å². The summed E-state index contributed by atoms with van der Waals surface area (Å²) in [5, 5.41) is 2.20. The third-order valence-corrected chi connectivity index (χ3v) is 3.11. The summed E-state index contributed by atoms with van der Waals surface area (Å²) in [7, 11) is 0. The Bertz CT molecular complexity index is 502. The molecule has 2 heterocycles. The van der Waals surface area contributed by atoms with Gasteiger partial charge in [-0.2, -0.15) is 0 Å². The van der Waals surface area contributed by atoms with Crippen LogP contribution in [0.1, 0.15) is 25.6 Å². The van der Waals surface area contributed by atoms with Gasteiger partial charge in [0.2, 0.25) is 0 Å². The molecular weight excluding hydrogens is 254 g/mol. The molecule has 2 rings (SSSR count). The summed E-state index contributed by atoms with van der Waals surface area (Å²) in [5.74, 6) is 1.02. The lowest BCUT2D eigenvalue weighted by atomic mass is 10.2. The van der Waals surface area contributed by atoms with Gasteiger partial charge < -0.3 is 0 Å². The highest BCUT2D eigenvalue weighted by molar-refractivity contribution is 7.99. The fourth-order valence-corrected chi connectivity index (χ4v) is 2.28. The number of hydrogen-bond acceptors (Lipinski definition) is 4. The summed E-state index contributed by atoms with van der Waals surface area (Å²) in [4.78, 5) is 12.9. The second-order valence-corrected chi connectivity index (χ2v) is 5.24. The van der Waals surface area contributed by atoms with E-state index >= 15 is 0 Å². The van der Waals surface area contributed by atoms with E-state index in [1.54, 1.807) is 12.3 Å². The van der Waals surface area contributed by atoms with Gasteiger partial charge in [0.25, 0.3) is 0 Å². The Hall–Kier alpha value is -1.13. The number of hydrogen-bond donors (Lipinski definition) is 0. The molecule has 2 aromatic heterocycles. The highest BCUT2D eigenvalue weighted by Gasteiger charge is 2.08. The second-order valence-electron chi connectivity index (χ2n) is 3.81. The van der Waals surface area contributed by atoms with Crippen LogP contribution in [0.2, 0.25) is 5.15 Å². The molecule has 0 atom stereocenters. The minimum Gasteiger partial charge on any atom is -0.250 e. The molecule has 2 aromatic rings. The number of rotatable bonds is 3. The fraction of sp³-hybridized carbons (Fsp3) is 0.250. The van der Waals surface area contributed by atoms with Gasteiger partial charge in [-0.1, -0.05) is 31.5 Å². The lowest BCUT2D eigenvalue weighted by Crippen LogP contribution is -1.98. The van der Waals surface area contributed by atoms with Crippen LogP contribution in [-0.4, -0.2) is 15.0 Å². The summed E-state index contributed by atoms with van der Waals surface area (Å²) < 4.78 is 0. The molecule has 17 heavy (non-hydrogen) atoms. The molecule has 0 saturated heterocycles. The molecule has 0 amide bonds. The zero-order valence-corrected chi connectivity index (χ0v) is 11.2. The smallest absolute Gasteiger partial charge is 0.133 e. The van der Waals surface area contributed by atoms with Crippen LogP contribution >= 0.6 is 23.4 Å². The topological polar surface area (TPSA) is 38.7 Å². The van der Waals surface area contributed by atoms with Gasteiger partial charge in [0.1, 0.15) is 21.0 Å². The van der Waals surface area contributed by atoms with Crippen LogP contribution in [0.15, 0.2) is 40.5 Å². The van der Waals surface area contributed by atoms with Gasteiger partial charge >= 0.3 is 0 Å². The maximum Gasteiger partial charge on any atom is 0.133 e. The summed E-state index contributed by atoms with van der Waals surface area (Å²) in [6.07, 6.45) is 1.76. The molecule has 0 fully saturated rings. The molecule has 0 spiro atoms. The van der Waals surface area contributed by atoms with Gasteiger partial charge in [0.15, 0.2) is 0 Å². The Morgan fingerprint density at radius 1 is 1.18 bits per heavy atom. The van der Waals surface area contributed by atoms with Crippen molar-refractivity contribution in [1.29, 1.82) is 0 Å². The van der Waals surface area contributed by atoms with E-state index in [1.807, 2.05) is 32.0 Å². The van der Waals surface area contributed by atoms with Gasteiger partial charge in [-0.25, -0.2) is 15.0 Å². The summed E-state index contributed by atoms with van der Waals surface area (Å²) in [6, 6.07) is 7.53. The Balaban J connectivity index is 2.27. The van der Waals surface area contributed by atoms with Crippen LogP contribution in [0.5, 0.6) is 0 Å². The predicted octanol–water partition coefficient (Wildman–Crippen LogP) is 3.80. The van der Waals surface area contributed by atoms with E-state index in [2.05, 4.69) is 15.0 Å². The van der Waals surface area contributed by atoms with Gasteiger partial charge in [-0.3, -0.25) is 0 Å². The second kappa shape index (κ2) is 5.47. The molecule has 0 aliphatic heterocycles. The molecule has 0 aromatic carbocycles. The van der Waals surface area contributed by atoms with Crippen LogP contribution in [0, 0.1) is 0 Å². The largest absolute Gasteiger partial charge is 0.250 e. The minimum atomic E-state index is 0.261. The lowest BCUT2D eigenvalue weighted by molar-refractivity contribution is 0.753. The predicted molar refractivity (Wildman–Crippen MR) is 69.5 cm³/mol. The summed E-state index contributed by atoms with van der Waals surface area (Å²) >= 11 is 7.46. The van der Waals surface area contributed by atoms with E-state index in [0.717, 1.165) is 15.9 Å². The quantitative estimate of drug-likeness (QED) is 0.792. The molecule has 5 heteroatoms. The van der Waals surface area contributed by atoms with Gasteiger partial charge in [-0.15, -0.1) is 0 Å². The van der Waals surface area contributed by atoms with E-state index in [1.165, 1.54) is 11.8 Å². The normalized spacial score (nSPS) is 10.8. The van der Waals surface area contributed by atoms with Gasteiger partial charge in [0.05, 0.1) is 0 Å². The first kappa shape index (κ1) is 12.3. The molecule has 0 aliphatic carbocycles. The molecule has 0 bridgehead atoms. The van der Waals surface area contributed by atoms with E-state index < -0.39 is 0 Å². The number of aromatic nitrogens is 3. The Morgan fingerprint density at radius 3 is 2.65 bits per heavy atom. The Morgan fingerprint density at radius 2 is 2.00 bits per heavy atom. The first-order chi connectivity index (χ1) is 8.15. The number of halogens is 1. The molecule has 0 aliphatic rings. The first-order valence-corrected chi connectivity index (χ1v) is 6.48. The van der Waals surface area contributed by atoms with Crippen molar-refractivity contribution >= 4 is 23.4 Å². The average Bonchev–Trinajstić information content (AvgIpc) is 2.29. The van der Waals surface area contributed by atoms with Gasteiger partial charge in [-0.05, 0) is 23.9 Å². The molecule has 0 saturated carbocycles. The van der Waals surface area contributed by atoms with E-state index in [9.17, 15) is 0 Å². The summed E-state index contributed by atoms with van der Waals surface area (Å²) in [6.45, 7) is 4.09. The highest BCUT2D eigenvalue weighted by atomic mass is 35.5. The molecular formula is C12H12ClN3S. The van der Waals surface area contributed by atoms with E-state index in [4.69, 9.17) is 11.6 Å². The van der Waals surface area contributed by atoms with Crippen molar-refractivity contribution in [1.82, 2.24) is 15.0 Å². The van der Waals surface area contributed by atoms with Crippen LogP contribution in [0.25, 0.3) is 0 Å². The number of nitrogens with zero attached hydrogens (tertiary/aromatic N) is 3. The van der Waals surface area contributed by atoms with E-state index in [0.29, 0.717) is 5.15 Å². The number of pyridine rings is 1. The van der Waals surface area contributed by atoms with E-state index in [-0.39, 0.29) is 5.92 Å². The molecule has 0 radical (unpaired) electrons. The maximum atomic E-state index is 5.98. The van der Waals surface area contributed by atoms with Gasteiger partial charge in [0, 0.05) is 18.2 Å². The Labute approximate surface area is 110 Å². The van der Waals surface area contributed by atoms with Crippen molar-refractivity contribution < 1.29 is 0 Å². The summed E-state index contributed by atoms with van der Waals surface area (Å²) in [5.41, 5.74) is 0. The van der Waals surface area contributed by atoms with Crippen LogP contribution < -0.4 is 0 Å². The first-order valence-electron chi connectivity index (χ1n) is 5.28. The van der Waals surface area contributed by atoms with Crippen LogP contribution in [0.3, 0.4) is 0 Å². The highest BCUT2D eigenvalue weighted by Crippen LogP contribution is 2.26. The monoisotopic (exact) mass is 265 g/mol. The molecule has 3 nitrogen and oxygen atoms in total. The Kier molecular flexibility index (Phi) is 3.97. The average molecular weight is 266 g/mol. The van der Waals surface area contributed by atoms with Crippen molar-refractivity contribution in [2.45, 2.75) is 29.8 Å². The zero-order valence-electron chi connectivity index (χ0n) is 9.59. The third kappa shape index (κ3) is 3.41. The van der Waals surface area contributed by atoms with Crippen molar-refractivity contribution in [3.05, 3.63) is 41.4 Å². The molecule has 0 unspecified atom stereocenters.